The van der Waals surface area contributed by atoms with Crippen LogP contribution in [-0.2, 0) is 11.2 Å². The lowest BCUT2D eigenvalue weighted by atomic mass is 10.0. The van der Waals surface area contributed by atoms with E-state index in [1.54, 1.807) is 24.5 Å². The highest BCUT2D eigenvalue weighted by molar-refractivity contribution is 5.91. The van der Waals surface area contributed by atoms with Gasteiger partial charge in [0.1, 0.15) is 11.9 Å². The first-order valence-electron chi connectivity index (χ1n) is 8.26. The molecule has 0 aliphatic rings. The second-order valence-corrected chi connectivity index (χ2v) is 6.34. The normalized spacial score (nSPS) is 11.2. The van der Waals surface area contributed by atoms with Crippen molar-refractivity contribution in [2.45, 2.75) is 20.3 Å². The molecule has 0 fully saturated rings. The molecule has 2 aromatic carbocycles. The number of hydrogen-bond donors (Lipinski definition) is 1. The fourth-order valence-electron chi connectivity index (χ4n) is 2.97. The van der Waals surface area contributed by atoms with Crippen molar-refractivity contribution in [3.05, 3.63) is 76.0 Å². The largest absolute Gasteiger partial charge is 0.464 e. The molecular formula is C20H17N3O3. The number of aromatic nitrogens is 2. The average molecular weight is 347 g/mol. The molecule has 6 heteroatoms. The van der Waals surface area contributed by atoms with E-state index in [1.165, 1.54) is 6.33 Å². The van der Waals surface area contributed by atoms with E-state index in [9.17, 15) is 9.59 Å². The van der Waals surface area contributed by atoms with Gasteiger partial charge in [-0.15, -0.1) is 0 Å². The summed E-state index contributed by atoms with van der Waals surface area (Å²) in [7, 11) is 0. The van der Waals surface area contributed by atoms with Gasteiger partial charge in [-0.3, -0.25) is 15.0 Å². The lowest BCUT2D eigenvalue weighted by Crippen LogP contribution is -2.34. The van der Waals surface area contributed by atoms with Crippen LogP contribution >= 0.6 is 0 Å². The summed E-state index contributed by atoms with van der Waals surface area (Å²) in [4.78, 5) is 29.1. The second-order valence-electron chi connectivity index (χ2n) is 6.34. The van der Waals surface area contributed by atoms with Crippen LogP contribution in [0.5, 0.6) is 0 Å². The minimum atomic E-state index is -0.315. The van der Waals surface area contributed by atoms with Gasteiger partial charge >= 0.3 is 0 Å². The molecule has 4 aromatic rings. The monoisotopic (exact) mass is 347 g/mol. The predicted molar refractivity (Wildman–Crippen MR) is 99.8 cm³/mol. The van der Waals surface area contributed by atoms with Crippen molar-refractivity contribution in [2.24, 2.45) is 0 Å². The van der Waals surface area contributed by atoms with Crippen molar-refractivity contribution >= 4 is 27.8 Å². The smallest absolute Gasteiger partial charge is 0.280 e. The van der Waals surface area contributed by atoms with Crippen LogP contribution in [0.15, 0.2) is 58.2 Å². The van der Waals surface area contributed by atoms with Crippen molar-refractivity contribution in [3.63, 3.8) is 0 Å². The van der Waals surface area contributed by atoms with Gasteiger partial charge in [0.15, 0.2) is 0 Å². The van der Waals surface area contributed by atoms with E-state index < -0.39 is 0 Å². The zero-order valence-corrected chi connectivity index (χ0v) is 14.4. The van der Waals surface area contributed by atoms with Crippen LogP contribution in [0.1, 0.15) is 16.7 Å². The Kier molecular flexibility index (Phi) is 3.80. The number of amides is 1. The molecule has 1 amide bonds. The number of nitrogens with zero attached hydrogens (tertiary/aromatic N) is 2. The van der Waals surface area contributed by atoms with Gasteiger partial charge in [-0.05, 0) is 49.2 Å². The number of para-hydroxylation sites is 1. The van der Waals surface area contributed by atoms with Gasteiger partial charge in [0.2, 0.25) is 5.91 Å². The van der Waals surface area contributed by atoms with Gasteiger partial charge in [-0.1, -0.05) is 12.1 Å². The third-order valence-electron chi connectivity index (χ3n) is 4.53. The summed E-state index contributed by atoms with van der Waals surface area (Å²) in [6.07, 6.45) is 3.02. The van der Waals surface area contributed by atoms with Gasteiger partial charge < -0.3 is 4.42 Å². The van der Waals surface area contributed by atoms with Crippen LogP contribution in [0.4, 0.5) is 0 Å². The Balaban J connectivity index is 1.61. The Morgan fingerprint density at radius 1 is 1.15 bits per heavy atom. The van der Waals surface area contributed by atoms with Crippen molar-refractivity contribution in [1.29, 1.82) is 0 Å². The Hall–Kier alpha value is -3.41. The number of benzene rings is 2. The first kappa shape index (κ1) is 16.1. The molecule has 0 saturated heterocycles. The molecular weight excluding hydrogens is 330 g/mol. The first-order chi connectivity index (χ1) is 12.5. The Morgan fingerprint density at radius 3 is 2.77 bits per heavy atom. The molecule has 2 heterocycles. The summed E-state index contributed by atoms with van der Waals surface area (Å²) in [6, 6.07) is 11.0. The van der Waals surface area contributed by atoms with Crippen LogP contribution in [0.25, 0.3) is 21.9 Å². The first-order valence-corrected chi connectivity index (χ1v) is 8.26. The number of rotatable bonds is 3. The molecule has 0 atom stereocenters. The quantitative estimate of drug-likeness (QED) is 0.618. The third-order valence-corrected chi connectivity index (χ3v) is 4.53. The fourth-order valence-corrected chi connectivity index (χ4v) is 2.97. The van der Waals surface area contributed by atoms with Crippen LogP contribution in [-0.4, -0.2) is 15.6 Å². The lowest BCUT2D eigenvalue weighted by Gasteiger charge is -2.08. The van der Waals surface area contributed by atoms with Crippen LogP contribution in [0.3, 0.4) is 0 Å². The Labute approximate surface area is 149 Å². The van der Waals surface area contributed by atoms with Crippen molar-refractivity contribution in [1.82, 2.24) is 9.66 Å². The summed E-state index contributed by atoms with van der Waals surface area (Å²) < 4.78 is 6.67. The van der Waals surface area contributed by atoms with E-state index in [2.05, 4.69) is 10.4 Å². The molecule has 0 radical (unpaired) electrons. The summed E-state index contributed by atoms with van der Waals surface area (Å²) in [5, 5.41) is 1.36. The molecule has 1 N–H and O–H groups in total. The summed E-state index contributed by atoms with van der Waals surface area (Å²) in [5.74, 6) is -0.315. The van der Waals surface area contributed by atoms with E-state index in [0.29, 0.717) is 10.9 Å². The number of carbonyl (C=O) groups excluding carboxylic acids is 1. The average Bonchev–Trinajstić information content (AvgIpc) is 3.00. The molecule has 130 valence electrons. The fraction of sp³-hybridized carbons (Fsp3) is 0.150. The van der Waals surface area contributed by atoms with Gasteiger partial charge in [0.25, 0.3) is 5.56 Å². The maximum absolute atomic E-state index is 12.5. The van der Waals surface area contributed by atoms with Crippen LogP contribution in [0, 0.1) is 13.8 Å². The van der Waals surface area contributed by atoms with Gasteiger partial charge in [0, 0.05) is 10.9 Å². The van der Waals surface area contributed by atoms with Gasteiger partial charge in [0.05, 0.1) is 23.6 Å². The molecule has 0 aliphatic heterocycles. The zero-order valence-electron chi connectivity index (χ0n) is 14.4. The van der Waals surface area contributed by atoms with E-state index in [1.807, 2.05) is 32.0 Å². The van der Waals surface area contributed by atoms with E-state index in [0.717, 1.165) is 32.3 Å². The number of hydrogen-bond acceptors (Lipinski definition) is 4. The lowest BCUT2D eigenvalue weighted by molar-refractivity contribution is -0.116. The zero-order chi connectivity index (χ0) is 18.3. The number of aryl methyl sites for hydroxylation is 2. The summed E-state index contributed by atoms with van der Waals surface area (Å²) in [5.41, 5.74) is 6.67. The predicted octanol–water partition coefficient (Wildman–Crippen LogP) is 3.07. The third kappa shape index (κ3) is 2.75. The van der Waals surface area contributed by atoms with Gasteiger partial charge in [-0.2, -0.15) is 0 Å². The molecule has 0 spiro atoms. The summed E-state index contributed by atoms with van der Waals surface area (Å²) >= 11 is 0. The minimum absolute atomic E-state index is 0.106. The SMILES string of the molecule is Cc1cc2occ(CC(=O)Nn3cnc4ccccc4c3=O)c2cc1C. The highest BCUT2D eigenvalue weighted by Crippen LogP contribution is 2.25. The Bertz CT molecular complexity index is 1200. The maximum atomic E-state index is 12.5. The van der Waals surface area contributed by atoms with E-state index in [-0.39, 0.29) is 17.9 Å². The molecule has 26 heavy (non-hydrogen) atoms. The van der Waals surface area contributed by atoms with Crippen LogP contribution in [0.2, 0.25) is 0 Å². The number of fused-ring (bicyclic) bond motifs is 2. The maximum Gasteiger partial charge on any atom is 0.280 e. The highest BCUT2D eigenvalue weighted by Gasteiger charge is 2.13. The van der Waals surface area contributed by atoms with Crippen molar-refractivity contribution in [2.75, 3.05) is 5.43 Å². The van der Waals surface area contributed by atoms with E-state index >= 15 is 0 Å². The Morgan fingerprint density at radius 2 is 1.92 bits per heavy atom. The number of nitrogens with one attached hydrogen (secondary N) is 1. The number of furan rings is 1. The molecule has 0 aliphatic carbocycles. The molecule has 0 bridgehead atoms. The highest BCUT2D eigenvalue weighted by atomic mass is 16.3. The molecule has 0 unspecified atom stereocenters. The molecule has 0 saturated carbocycles. The topological polar surface area (TPSA) is 77.1 Å². The standard InChI is InChI=1S/C20H17N3O3/c1-12-7-16-14(10-26-18(16)8-13(12)2)9-19(24)22-23-11-21-17-6-4-3-5-15(17)20(23)25/h3-8,10-11H,9H2,1-2H3,(H,22,24). The summed E-state index contributed by atoms with van der Waals surface area (Å²) in [6.45, 7) is 4.04. The van der Waals surface area contributed by atoms with Crippen molar-refractivity contribution in [3.8, 4) is 0 Å². The van der Waals surface area contributed by atoms with E-state index in [4.69, 9.17) is 4.42 Å². The molecule has 6 nitrogen and oxygen atoms in total. The molecule has 4 rings (SSSR count). The molecule has 2 aromatic heterocycles. The minimum Gasteiger partial charge on any atom is -0.464 e. The second kappa shape index (κ2) is 6.15. The van der Waals surface area contributed by atoms with Crippen LogP contribution < -0.4 is 11.0 Å². The van der Waals surface area contributed by atoms with Crippen molar-refractivity contribution < 1.29 is 9.21 Å². The van der Waals surface area contributed by atoms with Gasteiger partial charge in [-0.25, -0.2) is 9.66 Å². The number of carbonyl (C=O) groups is 1.